The number of esters is 1. The summed E-state index contributed by atoms with van der Waals surface area (Å²) in [7, 11) is 1.68. The van der Waals surface area contributed by atoms with Crippen molar-refractivity contribution in [1.29, 1.82) is 0 Å². The van der Waals surface area contributed by atoms with Gasteiger partial charge in [0.1, 0.15) is 0 Å². The molecule has 1 saturated carbocycles. The van der Waals surface area contributed by atoms with E-state index in [-0.39, 0.29) is 12.1 Å². The Hall–Kier alpha value is -3.54. The second kappa shape index (κ2) is 12.2. The number of rotatable bonds is 11. The van der Waals surface area contributed by atoms with Crippen LogP contribution >= 0.6 is 0 Å². The van der Waals surface area contributed by atoms with Gasteiger partial charge in [0, 0.05) is 42.8 Å². The molecule has 184 valence electrons. The van der Waals surface area contributed by atoms with Crippen LogP contribution in [0.15, 0.2) is 67.0 Å². The number of methoxy groups -OCH3 is 1. The molecule has 6 nitrogen and oxygen atoms in total. The molecule has 1 fully saturated rings. The fraction of sp³-hybridized carbons (Fsp3) is 0.379. The fourth-order valence-corrected chi connectivity index (χ4v) is 4.44. The molecular formula is C29H34N2O4. The Morgan fingerprint density at radius 2 is 1.77 bits per heavy atom. The van der Waals surface area contributed by atoms with Gasteiger partial charge in [-0.15, -0.1) is 0 Å². The van der Waals surface area contributed by atoms with Crippen molar-refractivity contribution in [3.8, 4) is 11.5 Å². The van der Waals surface area contributed by atoms with Gasteiger partial charge in [-0.1, -0.05) is 18.2 Å². The van der Waals surface area contributed by atoms with Crippen molar-refractivity contribution in [2.45, 2.75) is 58.1 Å². The highest BCUT2D eigenvalue weighted by Gasteiger charge is 2.20. The van der Waals surface area contributed by atoms with E-state index in [9.17, 15) is 4.79 Å². The second-order valence-electron chi connectivity index (χ2n) is 8.78. The molecule has 4 rings (SSSR count). The Kier molecular flexibility index (Phi) is 8.60. The quantitative estimate of drug-likeness (QED) is 0.306. The van der Waals surface area contributed by atoms with E-state index < -0.39 is 0 Å². The number of hydrogen-bond donors (Lipinski definition) is 0. The molecule has 0 bridgehead atoms. The average Bonchev–Trinajstić information content (AvgIpc) is 3.40. The third kappa shape index (κ3) is 6.75. The number of hydrogen-bond acceptors (Lipinski definition) is 6. The second-order valence-corrected chi connectivity index (χ2v) is 8.78. The van der Waals surface area contributed by atoms with E-state index in [4.69, 9.17) is 14.2 Å². The molecule has 0 unspecified atom stereocenters. The predicted octanol–water partition coefficient (Wildman–Crippen LogP) is 6.25. The molecule has 1 aliphatic carbocycles. The number of aryl methyl sites for hydroxylation is 1. The third-order valence-corrected chi connectivity index (χ3v) is 6.29. The van der Waals surface area contributed by atoms with Gasteiger partial charge in [-0.2, -0.15) is 0 Å². The van der Waals surface area contributed by atoms with Crippen LogP contribution in [0.25, 0.3) is 0 Å². The van der Waals surface area contributed by atoms with Gasteiger partial charge in [0.25, 0.3) is 0 Å². The highest BCUT2D eigenvalue weighted by Crippen LogP contribution is 2.37. The monoisotopic (exact) mass is 474 g/mol. The zero-order chi connectivity index (χ0) is 24.5. The summed E-state index contributed by atoms with van der Waals surface area (Å²) < 4.78 is 17.0. The summed E-state index contributed by atoms with van der Waals surface area (Å²) in [6.07, 6.45) is 9.54. The summed E-state index contributed by atoms with van der Waals surface area (Å²) >= 11 is 0. The number of carbonyl (C=O) groups is 1. The molecule has 2 aromatic carbocycles. The third-order valence-electron chi connectivity index (χ3n) is 6.29. The lowest BCUT2D eigenvalue weighted by molar-refractivity contribution is -0.143. The molecule has 0 aliphatic heterocycles. The number of ether oxygens (including phenoxy) is 3. The Morgan fingerprint density at radius 1 is 1.00 bits per heavy atom. The van der Waals surface area contributed by atoms with E-state index in [1.54, 1.807) is 13.3 Å². The van der Waals surface area contributed by atoms with Gasteiger partial charge in [-0.25, -0.2) is 0 Å². The molecule has 1 aliphatic rings. The lowest BCUT2D eigenvalue weighted by Gasteiger charge is -2.27. The Balaban J connectivity index is 1.60. The molecule has 0 N–H and O–H groups in total. The van der Waals surface area contributed by atoms with Crippen molar-refractivity contribution in [2.24, 2.45) is 0 Å². The van der Waals surface area contributed by atoms with E-state index >= 15 is 0 Å². The Labute approximate surface area is 207 Å². The van der Waals surface area contributed by atoms with Gasteiger partial charge in [-0.05, 0) is 80.5 Å². The van der Waals surface area contributed by atoms with Gasteiger partial charge in [0.15, 0.2) is 11.5 Å². The highest BCUT2D eigenvalue weighted by molar-refractivity contribution is 5.70. The molecule has 1 heterocycles. The minimum Gasteiger partial charge on any atom is -0.493 e. The predicted molar refractivity (Wildman–Crippen MR) is 137 cm³/mol. The van der Waals surface area contributed by atoms with Crippen LogP contribution in [0.1, 0.15) is 50.2 Å². The number of carbonyl (C=O) groups excluding carboxylic acids is 1. The summed E-state index contributed by atoms with van der Waals surface area (Å²) in [6.45, 7) is 2.90. The maximum atomic E-state index is 11.7. The molecule has 1 aromatic heterocycles. The Bertz CT molecular complexity index is 1080. The van der Waals surface area contributed by atoms with E-state index in [1.807, 2.05) is 25.3 Å². The molecule has 0 amide bonds. The minimum absolute atomic E-state index is 0.164. The summed E-state index contributed by atoms with van der Waals surface area (Å²) in [4.78, 5) is 18.3. The number of pyridine rings is 1. The van der Waals surface area contributed by atoms with Crippen LogP contribution in [-0.4, -0.2) is 30.8 Å². The van der Waals surface area contributed by atoms with Gasteiger partial charge in [0.2, 0.25) is 0 Å². The largest absolute Gasteiger partial charge is 0.493 e. The number of benzene rings is 2. The van der Waals surface area contributed by atoms with Crippen LogP contribution < -0.4 is 14.4 Å². The van der Waals surface area contributed by atoms with E-state index in [0.29, 0.717) is 26.0 Å². The summed E-state index contributed by atoms with van der Waals surface area (Å²) in [5.74, 6) is 1.36. The van der Waals surface area contributed by atoms with E-state index in [0.717, 1.165) is 46.8 Å². The molecule has 35 heavy (non-hydrogen) atoms. The summed E-state index contributed by atoms with van der Waals surface area (Å²) in [5.41, 5.74) is 4.27. The SMILES string of the molecule is CCOC(=O)CCc1ccc(N(Cc2cccnc2)c2ccc(OC)c(OC3CCCC3)c2)cc1. The van der Waals surface area contributed by atoms with Gasteiger partial charge in [0.05, 0.1) is 19.8 Å². The Morgan fingerprint density at radius 3 is 2.46 bits per heavy atom. The number of anilines is 2. The van der Waals surface area contributed by atoms with E-state index in [1.165, 1.54) is 12.8 Å². The van der Waals surface area contributed by atoms with Crippen molar-refractivity contribution in [3.05, 3.63) is 78.1 Å². The zero-order valence-electron chi connectivity index (χ0n) is 20.6. The molecule has 0 radical (unpaired) electrons. The minimum atomic E-state index is -0.164. The van der Waals surface area contributed by atoms with Crippen LogP contribution in [0.2, 0.25) is 0 Å². The molecule has 0 spiro atoms. The first-order valence-corrected chi connectivity index (χ1v) is 12.4. The first-order valence-electron chi connectivity index (χ1n) is 12.4. The topological polar surface area (TPSA) is 60.9 Å². The summed E-state index contributed by atoms with van der Waals surface area (Å²) in [6, 6.07) is 18.5. The lowest BCUT2D eigenvalue weighted by Crippen LogP contribution is -2.17. The van der Waals surface area contributed by atoms with Crippen molar-refractivity contribution in [2.75, 3.05) is 18.6 Å². The average molecular weight is 475 g/mol. The first-order chi connectivity index (χ1) is 17.2. The first kappa shape index (κ1) is 24.6. The van der Waals surface area contributed by atoms with Gasteiger partial charge >= 0.3 is 5.97 Å². The van der Waals surface area contributed by atoms with Crippen LogP contribution in [0, 0.1) is 0 Å². The summed E-state index contributed by atoms with van der Waals surface area (Å²) in [5, 5.41) is 0. The van der Waals surface area contributed by atoms with E-state index in [2.05, 4.69) is 52.3 Å². The molecule has 6 heteroatoms. The standard InChI is InChI=1S/C29H34N2O4/c1-3-34-29(32)17-12-22-10-13-24(14-11-22)31(21-23-7-6-18-30-20-23)25-15-16-27(33-2)28(19-25)35-26-8-4-5-9-26/h6-7,10-11,13-16,18-20,26H,3-5,8-9,12,17,21H2,1-2H3. The molecule has 0 saturated heterocycles. The van der Waals surface area contributed by atoms with Crippen LogP contribution in [-0.2, 0) is 22.5 Å². The number of aromatic nitrogens is 1. The zero-order valence-corrected chi connectivity index (χ0v) is 20.6. The smallest absolute Gasteiger partial charge is 0.306 e. The maximum absolute atomic E-state index is 11.7. The molecule has 0 atom stereocenters. The van der Waals surface area contributed by atoms with Crippen LogP contribution in [0.5, 0.6) is 11.5 Å². The normalized spacial score (nSPS) is 13.4. The van der Waals surface area contributed by atoms with Crippen molar-refractivity contribution in [1.82, 2.24) is 4.98 Å². The van der Waals surface area contributed by atoms with Crippen molar-refractivity contribution in [3.63, 3.8) is 0 Å². The lowest BCUT2D eigenvalue weighted by atomic mass is 10.1. The van der Waals surface area contributed by atoms with Crippen molar-refractivity contribution >= 4 is 17.3 Å². The van der Waals surface area contributed by atoms with Crippen molar-refractivity contribution < 1.29 is 19.0 Å². The highest BCUT2D eigenvalue weighted by atomic mass is 16.5. The maximum Gasteiger partial charge on any atom is 0.306 e. The van der Waals surface area contributed by atoms with Gasteiger partial charge < -0.3 is 19.1 Å². The van der Waals surface area contributed by atoms with Crippen LogP contribution in [0.3, 0.4) is 0 Å². The molecular weight excluding hydrogens is 440 g/mol. The van der Waals surface area contributed by atoms with Gasteiger partial charge in [-0.3, -0.25) is 9.78 Å². The van der Waals surface area contributed by atoms with Crippen LogP contribution in [0.4, 0.5) is 11.4 Å². The molecule has 3 aromatic rings. The number of nitrogens with zero attached hydrogens (tertiary/aromatic N) is 2. The fourth-order valence-electron chi connectivity index (χ4n) is 4.44.